The van der Waals surface area contributed by atoms with Crippen molar-refractivity contribution in [3.63, 3.8) is 0 Å². The van der Waals surface area contributed by atoms with Crippen LogP contribution in [0.15, 0.2) is 12.1 Å². The first-order valence-corrected chi connectivity index (χ1v) is 4.33. The summed E-state index contributed by atoms with van der Waals surface area (Å²) in [6.45, 7) is 0.243. The molecule has 78 valence electrons. The topological polar surface area (TPSA) is 53.7 Å². The molecule has 0 heterocycles. The molecular weight excluding hydrogens is 206 g/mol. The third-order valence-electron chi connectivity index (χ3n) is 1.81. The molecule has 0 radical (unpaired) electrons. The van der Waals surface area contributed by atoms with Crippen molar-refractivity contribution >= 4 is 11.6 Å². The van der Waals surface area contributed by atoms with E-state index in [0.29, 0.717) is 16.5 Å². The lowest BCUT2D eigenvalue weighted by Gasteiger charge is -2.11. The Balaban J connectivity index is 3.14. The number of rotatable bonds is 4. The number of hydrogen-bond acceptors (Lipinski definition) is 4. The molecule has 1 rings (SSSR count). The van der Waals surface area contributed by atoms with Gasteiger partial charge in [-0.3, -0.25) is 4.84 Å². The Morgan fingerprint density at radius 1 is 1.29 bits per heavy atom. The van der Waals surface area contributed by atoms with E-state index in [9.17, 15) is 0 Å². The molecule has 1 aromatic carbocycles. The lowest BCUT2D eigenvalue weighted by molar-refractivity contribution is 0.122. The first kappa shape index (κ1) is 11.1. The third kappa shape index (κ3) is 2.09. The fourth-order valence-electron chi connectivity index (χ4n) is 1.16. The summed E-state index contributed by atoms with van der Waals surface area (Å²) in [5.41, 5.74) is 0.779. The number of nitrogens with two attached hydrogens (primary N) is 1. The average molecular weight is 218 g/mol. The van der Waals surface area contributed by atoms with Gasteiger partial charge in [0, 0.05) is 5.56 Å². The Morgan fingerprint density at radius 3 is 2.50 bits per heavy atom. The van der Waals surface area contributed by atoms with E-state index in [1.165, 1.54) is 7.11 Å². The predicted octanol–water partition coefficient (Wildman–Crippen LogP) is 1.75. The molecule has 4 nitrogen and oxygen atoms in total. The highest BCUT2D eigenvalue weighted by molar-refractivity contribution is 6.33. The zero-order valence-electron chi connectivity index (χ0n) is 8.04. The standard InChI is InChI=1S/C9H12ClNO3/c1-12-7-4-3-6(5-14-11)9(13-2)8(7)10/h3-4H,5,11H2,1-2H3. The predicted molar refractivity (Wildman–Crippen MR) is 53.5 cm³/mol. The Morgan fingerprint density at radius 2 is 2.00 bits per heavy atom. The van der Waals surface area contributed by atoms with Gasteiger partial charge >= 0.3 is 0 Å². The number of halogens is 1. The summed E-state index contributed by atoms with van der Waals surface area (Å²) >= 11 is 6.00. The second-order valence-electron chi connectivity index (χ2n) is 2.59. The Kier molecular flexibility index (Phi) is 4.00. The van der Waals surface area contributed by atoms with Gasteiger partial charge in [-0.05, 0) is 12.1 Å². The molecule has 0 spiro atoms. The molecule has 5 heteroatoms. The fraction of sp³-hybridized carbons (Fsp3) is 0.333. The molecule has 0 aliphatic rings. The Bertz CT molecular complexity index is 317. The second-order valence-corrected chi connectivity index (χ2v) is 2.96. The van der Waals surface area contributed by atoms with Crippen LogP contribution < -0.4 is 15.4 Å². The highest BCUT2D eigenvalue weighted by Gasteiger charge is 2.12. The first-order chi connectivity index (χ1) is 6.74. The van der Waals surface area contributed by atoms with Crippen molar-refractivity contribution < 1.29 is 14.3 Å². The molecular formula is C9H12ClNO3. The fourth-order valence-corrected chi connectivity index (χ4v) is 1.50. The van der Waals surface area contributed by atoms with Crippen LogP contribution in [-0.4, -0.2) is 14.2 Å². The van der Waals surface area contributed by atoms with Crippen LogP contribution in [0.3, 0.4) is 0 Å². The van der Waals surface area contributed by atoms with Crippen molar-refractivity contribution in [2.45, 2.75) is 6.61 Å². The minimum absolute atomic E-state index is 0.243. The minimum atomic E-state index is 0.243. The van der Waals surface area contributed by atoms with Crippen LogP contribution >= 0.6 is 11.6 Å². The van der Waals surface area contributed by atoms with Gasteiger partial charge in [0.1, 0.15) is 16.5 Å². The summed E-state index contributed by atoms with van der Waals surface area (Å²) in [7, 11) is 3.07. The van der Waals surface area contributed by atoms with E-state index in [0.717, 1.165) is 5.56 Å². The second kappa shape index (κ2) is 5.05. The molecule has 0 aliphatic heterocycles. The smallest absolute Gasteiger partial charge is 0.146 e. The van der Waals surface area contributed by atoms with E-state index >= 15 is 0 Å². The van der Waals surface area contributed by atoms with E-state index in [1.807, 2.05) is 0 Å². The number of benzene rings is 1. The van der Waals surface area contributed by atoms with E-state index in [1.54, 1.807) is 19.2 Å². The molecule has 14 heavy (non-hydrogen) atoms. The van der Waals surface area contributed by atoms with E-state index < -0.39 is 0 Å². The number of ether oxygens (including phenoxy) is 2. The van der Waals surface area contributed by atoms with Gasteiger partial charge in [0.25, 0.3) is 0 Å². The zero-order valence-corrected chi connectivity index (χ0v) is 8.80. The lowest BCUT2D eigenvalue weighted by Crippen LogP contribution is -2.02. The minimum Gasteiger partial charge on any atom is -0.495 e. The van der Waals surface area contributed by atoms with Crippen LogP contribution in [0.25, 0.3) is 0 Å². The molecule has 2 N–H and O–H groups in total. The largest absolute Gasteiger partial charge is 0.495 e. The van der Waals surface area contributed by atoms with Crippen LogP contribution in [0, 0.1) is 0 Å². The van der Waals surface area contributed by atoms with Crippen molar-refractivity contribution in [2.75, 3.05) is 14.2 Å². The summed E-state index contributed by atoms with van der Waals surface area (Å²) in [6.07, 6.45) is 0. The maximum absolute atomic E-state index is 6.00. The first-order valence-electron chi connectivity index (χ1n) is 3.95. The SMILES string of the molecule is COc1ccc(CON)c(OC)c1Cl. The summed E-state index contributed by atoms with van der Waals surface area (Å²) < 4.78 is 10.2. The van der Waals surface area contributed by atoms with Crippen molar-refractivity contribution in [2.24, 2.45) is 5.90 Å². The maximum atomic E-state index is 6.00. The van der Waals surface area contributed by atoms with Crippen molar-refractivity contribution in [3.8, 4) is 11.5 Å². The van der Waals surface area contributed by atoms with E-state index in [2.05, 4.69) is 4.84 Å². The van der Waals surface area contributed by atoms with Crippen molar-refractivity contribution in [1.29, 1.82) is 0 Å². The number of hydrogen-bond donors (Lipinski definition) is 1. The normalized spacial score (nSPS) is 10.0. The summed E-state index contributed by atoms with van der Waals surface area (Å²) in [6, 6.07) is 3.52. The van der Waals surface area contributed by atoms with Crippen molar-refractivity contribution in [1.82, 2.24) is 0 Å². The highest BCUT2D eigenvalue weighted by Crippen LogP contribution is 2.36. The molecule has 0 aliphatic carbocycles. The van der Waals surface area contributed by atoms with Gasteiger partial charge in [-0.15, -0.1) is 0 Å². The molecule has 0 saturated heterocycles. The average Bonchev–Trinajstić information content (AvgIpc) is 2.19. The van der Waals surface area contributed by atoms with Crippen LogP contribution in [-0.2, 0) is 11.4 Å². The van der Waals surface area contributed by atoms with Gasteiger partial charge in [0.2, 0.25) is 0 Å². The highest BCUT2D eigenvalue weighted by atomic mass is 35.5. The Labute approximate surface area is 87.5 Å². The molecule has 0 amide bonds. The zero-order chi connectivity index (χ0) is 10.6. The van der Waals surface area contributed by atoms with Gasteiger partial charge in [-0.1, -0.05) is 11.6 Å². The third-order valence-corrected chi connectivity index (χ3v) is 2.16. The van der Waals surface area contributed by atoms with Gasteiger partial charge in [0.15, 0.2) is 0 Å². The van der Waals surface area contributed by atoms with Gasteiger partial charge in [0.05, 0.1) is 20.8 Å². The molecule has 0 bridgehead atoms. The monoisotopic (exact) mass is 217 g/mol. The maximum Gasteiger partial charge on any atom is 0.146 e. The summed E-state index contributed by atoms with van der Waals surface area (Å²) in [5.74, 6) is 6.06. The quantitative estimate of drug-likeness (QED) is 0.781. The Hall–Kier alpha value is -0.970. The van der Waals surface area contributed by atoms with Crippen LogP contribution in [0.2, 0.25) is 5.02 Å². The van der Waals surface area contributed by atoms with Crippen molar-refractivity contribution in [3.05, 3.63) is 22.7 Å². The molecule has 0 saturated carbocycles. The van der Waals surface area contributed by atoms with E-state index in [4.69, 9.17) is 27.0 Å². The molecule has 1 aromatic rings. The summed E-state index contributed by atoms with van der Waals surface area (Å²) in [4.78, 5) is 4.52. The molecule has 0 aromatic heterocycles. The van der Waals surface area contributed by atoms with Crippen LogP contribution in [0.4, 0.5) is 0 Å². The van der Waals surface area contributed by atoms with Gasteiger partial charge < -0.3 is 9.47 Å². The molecule has 0 atom stereocenters. The van der Waals surface area contributed by atoms with Gasteiger partial charge in [-0.25, -0.2) is 5.90 Å². The van der Waals surface area contributed by atoms with Crippen LogP contribution in [0.5, 0.6) is 11.5 Å². The molecule has 0 unspecified atom stereocenters. The summed E-state index contributed by atoms with van der Waals surface area (Å²) in [5, 5.41) is 0.421. The number of methoxy groups -OCH3 is 2. The molecule has 0 fully saturated rings. The van der Waals surface area contributed by atoms with Gasteiger partial charge in [-0.2, -0.15) is 0 Å². The van der Waals surface area contributed by atoms with Crippen LogP contribution in [0.1, 0.15) is 5.56 Å². The van der Waals surface area contributed by atoms with E-state index in [-0.39, 0.29) is 6.61 Å². The lowest BCUT2D eigenvalue weighted by atomic mass is 10.2.